The number of benzene rings is 1. The number of fused-ring (bicyclic) bond motifs is 1. The summed E-state index contributed by atoms with van der Waals surface area (Å²) < 4.78 is 7.09. The molecule has 0 saturated heterocycles. The number of hydrogen-bond donors (Lipinski definition) is 0. The Balaban J connectivity index is 2.84. The minimum absolute atomic E-state index is 0.616. The molecule has 1 heterocycles. The molecule has 0 N–H and O–H groups in total. The molecule has 1 aromatic carbocycles. The molecule has 0 fully saturated rings. The molecule has 3 heteroatoms. The first-order valence-corrected chi connectivity index (χ1v) is 4.35. The maximum absolute atomic E-state index is 10.9. The lowest BCUT2D eigenvalue weighted by atomic mass is 10.1. The molecule has 0 aliphatic rings. The second kappa shape index (κ2) is 3.18. The van der Waals surface area contributed by atoms with Gasteiger partial charge in [0.15, 0.2) is 6.29 Å². The predicted molar refractivity (Wildman–Crippen MR) is 54.9 cm³/mol. The number of ether oxygens (including phenoxy) is 1. The van der Waals surface area contributed by atoms with Crippen LogP contribution in [0.3, 0.4) is 0 Å². The Labute approximate surface area is 81.9 Å². The van der Waals surface area contributed by atoms with E-state index < -0.39 is 0 Å². The van der Waals surface area contributed by atoms with Gasteiger partial charge >= 0.3 is 0 Å². The monoisotopic (exact) mass is 189 g/mol. The minimum atomic E-state index is 0.616. The van der Waals surface area contributed by atoms with Crippen LogP contribution < -0.4 is 4.74 Å². The standard InChI is InChI=1S/C11H11NO2/c1-12-6-5-8-9(7-13)11(14-2)4-3-10(8)12/h3-7H,1-2H3. The van der Waals surface area contributed by atoms with Crippen molar-refractivity contribution in [3.05, 3.63) is 30.0 Å². The SMILES string of the molecule is COc1ccc2c(ccn2C)c1C=O. The van der Waals surface area contributed by atoms with E-state index in [9.17, 15) is 4.79 Å². The third-order valence-electron chi connectivity index (χ3n) is 2.41. The predicted octanol–water partition coefficient (Wildman–Crippen LogP) is 2.00. The lowest BCUT2D eigenvalue weighted by Crippen LogP contribution is -1.92. The van der Waals surface area contributed by atoms with E-state index in [4.69, 9.17) is 4.74 Å². The number of methoxy groups -OCH3 is 1. The van der Waals surface area contributed by atoms with Crippen LogP contribution in [-0.2, 0) is 7.05 Å². The topological polar surface area (TPSA) is 31.2 Å². The molecule has 72 valence electrons. The molecule has 0 atom stereocenters. The number of nitrogens with zero attached hydrogens (tertiary/aromatic N) is 1. The number of carbonyl (C=O) groups excluding carboxylic acids is 1. The van der Waals surface area contributed by atoms with Crippen LogP contribution in [0.1, 0.15) is 10.4 Å². The lowest BCUT2D eigenvalue weighted by molar-refractivity contribution is 0.112. The average molecular weight is 189 g/mol. The van der Waals surface area contributed by atoms with Crippen LogP contribution in [0.2, 0.25) is 0 Å². The molecule has 0 saturated carbocycles. The van der Waals surface area contributed by atoms with Crippen molar-refractivity contribution < 1.29 is 9.53 Å². The highest BCUT2D eigenvalue weighted by molar-refractivity contribution is 5.99. The van der Waals surface area contributed by atoms with Crippen molar-refractivity contribution in [2.75, 3.05) is 7.11 Å². The van der Waals surface area contributed by atoms with E-state index in [0.29, 0.717) is 11.3 Å². The third-order valence-corrected chi connectivity index (χ3v) is 2.41. The van der Waals surface area contributed by atoms with Gasteiger partial charge in [-0.2, -0.15) is 0 Å². The van der Waals surface area contributed by atoms with Gasteiger partial charge in [0.2, 0.25) is 0 Å². The molecule has 0 aliphatic carbocycles. The minimum Gasteiger partial charge on any atom is -0.496 e. The summed E-state index contributed by atoms with van der Waals surface area (Å²) in [5, 5.41) is 0.932. The Kier molecular flexibility index (Phi) is 2.00. The molecule has 0 spiro atoms. The molecule has 0 radical (unpaired) electrons. The fourth-order valence-electron chi connectivity index (χ4n) is 1.65. The highest BCUT2D eigenvalue weighted by atomic mass is 16.5. The number of aryl methyl sites for hydroxylation is 1. The first-order valence-electron chi connectivity index (χ1n) is 4.35. The van der Waals surface area contributed by atoms with Gasteiger partial charge in [-0.05, 0) is 18.2 Å². The van der Waals surface area contributed by atoms with E-state index in [1.807, 2.05) is 36.0 Å². The van der Waals surface area contributed by atoms with Gasteiger partial charge in [-0.3, -0.25) is 4.79 Å². The fourth-order valence-corrected chi connectivity index (χ4v) is 1.65. The molecular weight excluding hydrogens is 178 g/mol. The van der Waals surface area contributed by atoms with Gasteiger partial charge in [-0.25, -0.2) is 0 Å². The van der Waals surface area contributed by atoms with E-state index in [0.717, 1.165) is 17.2 Å². The van der Waals surface area contributed by atoms with Gasteiger partial charge in [-0.1, -0.05) is 0 Å². The van der Waals surface area contributed by atoms with E-state index in [2.05, 4.69) is 0 Å². The summed E-state index contributed by atoms with van der Waals surface area (Å²) in [6.07, 6.45) is 2.76. The van der Waals surface area contributed by atoms with Gasteiger partial charge in [0.25, 0.3) is 0 Å². The molecule has 0 bridgehead atoms. The van der Waals surface area contributed by atoms with Gasteiger partial charge < -0.3 is 9.30 Å². The summed E-state index contributed by atoms with van der Waals surface area (Å²) in [6.45, 7) is 0. The lowest BCUT2D eigenvalue weighted by Gasteiger charge is -2.04. The zero-order chi connectivity index (χ0) is 10.1. The van der Waals surface area contributed by atoms with Gasteiger partial charge in [0.05, 0.1) is 12.7 Å². The van der Waals surface area contributed by atoms with E-state index in [1.165, 1.54) is 0 Å². The van der Waals surface area contributed by atoms with Crippen LogP contribution in [0.25, 0.3) is 10.9 Å². The molecule has 0 amide bonds. The highest BCUT2D eigenvalue weighted by Crippen LogP contribution is 2.26. The molecule has 0 aliphatic heterocycles. The summed E-state index contributed by atoms with van der Waals surface area (Å²) >= 11 is 0. The van der Waals surface area contributed by atoms with Crippen molar-refractivity contribution in [1.82, 2.24) is 4.57 Å². The van der Waals surface area contributed by atoms with Crippen molar-refractivity contribution in [1.29, 1.82) is 0 Å². The summed E-state index contributed by atoms with van der Waals surface area (Å²) in [5.41, 5.74) is 1.65. The zero-order valence-corrected chi connectivity index (χ0v) is 8.15. The summed E-state index contributed by atoms with van der Waals surface area (Å²) in [6, 6.07) is 5.68. The van der Waals surface area contributed by atoms with Crippen molar-refractivity contribution in [3.8, 4) is 5.75 Å². The van der Waals surface area contributed by atoms with Crippen LogP contribution in [0.15, 0.2) is 24.4 Å². The second-order valence-electron chi connectivity index (χ2n) is 3.16. The van der Waals surface area contributed by atoms with Crippen LogP contribution >= 0.6 is 0 Å². The number of aromatic nitrogens is 1. The summed E-state index contributed by atoms with van der Waals surface area (Å²) in [4.78, 5) is 10.9. The maximum Gasteiger partial charge on any atom is 0.154 e. The Morgan fingerprint density at radius 1 is 1.36 bits per heavy atom. The number of rotatable bonds is 2. The summed E-state index contributed by atoms with van der Waals surface area (Å²) in [5.74, 6) is 0.624. The van der Waals surface area contributed by atoms with Crippen LogP contribution in [0.4, 0.5) is 0 Å². The third kappa shape index (κ3) is 1.09. The zero-order valence-electron chi connectivity index (χ0n) is 8.15. The van der Waals surface area contributed by atoms with Gasteiger partial charge in [0.1, 0.15) is 5.75 Å². The van der Waals surface area contributed by atoms with Gasteiger partial charge in [0, 0.05) is 24.1 Å². The Bertz CT molecular complexity index is 485. The second-order valence-corrected chi connectivity index (χ2v) is 3.16. The highest BCUT2D eigenvalue weighted by Gasteiger charge is 2.08. The molecule has 2 rings (SSSR count). The number of hydrogen-bond acceptors (Lipinski definition) is 2. The van der Waals surface area contributed by atoms with E-state index in [-0.39, 0.29) is 0 Å². The smallest absolute Gasteiger partial charge is 0.154 e. The Morgan fingerprint density at radius 3 is 2.79 bits per heavy atom. The van der Waals surface area contributed by atoms with E-state index in [1.54, 1.807) is 7.11 Å². The van der Waals surface area contributed by atoms with Crippen molar-refractivity contribution in [3.63, 3.8) is 0 Å². The molecule has 14 heavy (non-hydrogen) atoms. The van der Waals surface area contributed by atoms with Crippen LogP contribution in [0.5, 0.6) is 5.75 Å². The Morgan fingerprint density at radius 2 is 2.14 bits per heavy atom. The van der Waals surface area contributed by atoms with Crippen molar-refractivity contribution in [2.24, 2.45) is 7.05 Å². The quantitative estimate of drug-likeness (QED) is 0.676. The largest absolute Gasteiger partial charge is 0.496 e. The summed E-state index contributed by atoms with van der Waals surface area (Å²) in [7, 11) is 3.51. The molecule has 1 aromatic heterocycles. The Hall–Kier alpha value is -1.77. The van der Waals surface area contributed by atoms with Crippen LogP contribution in [0, 0.1) is 0 Å². The number of aldehydes is 1. The maximum atomic E-state index is 10.9. The number of carbonyl (C=O) groups is 1. The molecule has 3 nitrogen and oxygen atoms in total. The molecule has 2 aromatic rings. The van der Waals surface area contributed by atoms with Gasteiger partial charge in [-0.15, -0.1) is 0 Å². The molecule has 0 unspecified atom stereocenters. The first kappa shape index (κ1) is 8.81. The fraction of sp³-hybridized carbons (Fsp3) is 0.182. The van der Waals surface area contributed by atoms with Crippen LogP contribution in [-0.4, -0.2) is 18.0 Å². The van der Waals surface area contributed by atoms with E-state index >= 15 is 0 Å². The van der Waals surface area contributed by atoms with Crippen molar-refractivity contribution in [2.45, 2.75) is 0 Å². The first-order chi connectivity index (χ1) is 6.77. The normalized spacial score (nSPS) is 10.4. The van der Waals surface area contributed by atoms with Crippen molar-refractivity contribution >= 4 is 17.2 Å². The molecular formula is C11H11NO2. The average Bonchev–Trinajstić information content (AvgIpc) is 2.59.